The minimum Gasteiger partial charge on any atom is -0.497 e. The van der Waals surface area contributed by atoms with Crippen molar-refractivity contribution in [3.63, 3.8) is 0 Å². The molecule has 6 nitrogen and oxygen atoms in total. The van der Waals surface area contributed by atoms with E-state index in [9.17, 15) is 14.7 Å². The molecule has 156 valence electrons. The molecule has 1 aromatic carbocycles. The fourth-order valence-electron chi connectivity index (χ4n) is 3.76. The van der Waals surface area contributed by atoms with Gasteiger partial charge in [0, 0.05) is 24.4 Å². The minimum atomic E-state index is -0.283. The summed E-state index contributed by atoms with van der Waals surface area (Å²) in [5, 5.41) is 12.7. The fraction of sp³-hybridized carbons (Fsp3) is 0.478. The molecule has 2 aromatic rings. The predicted octanol–water partition coefficient (Wildman–Crippen LogP) is 4.07. The number of carbonyl (C=O) groups is 2. The van der Waals surface area contributed by atoms with Crippen molar-refractivity contribution in [1.82, 2.24) is 5.32 Å². The Bertz CT molecular complexity index is 864. The summed E-state index contributed by atoms with van der Waals surface area (Å²) >= 11 is 0. The molecule has 1 fully saturated rings. The van der Waals surface area contributed by atoms with Gasteiger partial charge in [0.25, 0.3) is 5.91 Å². The molecule has 1 amide bonds. The molecule has 2 N–H and O–H groups in total. The van der Waals surface area contributed by atoms with Crippen molar-refractivity contribution in [2.75, 3.05) is 7.11 Å². The van der Waals surface area contributed by atoms with E-state index in [2.05, 4.69) is 5.32 Å². The van der Waals surface area contributed by atoms with Gasteiger partial charge in [-0.15, -0.1) is 0 Å². The molecule has 0 spiro atoms. The average molecular weight is 399 g/mol. The van der Waals surface area contributed by atoms with E-state index in [0.717, 1.165) is 24.2 Å². The van der Waals surface area contributed by atoms with E-state index >= 15 is 0 Å². The summed E-state index contributed by atoms with van der Waals surface area (Å²) in [4.78, 5) is 25.2. The van der Waals surface area contributed by atoms with Crippen LogP contribution in [0.4, 0.5) is 0 Å². The molecular weight excluding hydrogens is 370 g/mol. The van der Waals surface area contributed by atoms with Crippen molar-refractivity contribution in [3.8, 4) is 5.75 Å². The molecular formula is C23H29NO5. The highest BCUT2D eigenvalue weighted by Crippen LogP contribution is 2.32. The first-order chi connectivity index (χ1) is 13.9. The van der Waals surface area contributed by atoms with Crippen molar-refractivity contribution < 1.29 is 23.8 Å². The Morgan fingerprint density at radius 1 is 1.24 bits per heavy atom. The second-order valence-corrected chi connectivity index (χ2v) is 7.64. The summed E-state index contributed by atoms with van der Waals surface area (Å²) in [6.45, 7) is 3.71. The minimum absolute atomic E-state index is 0.0195. The number of aliphatic hydroxyl groups is 1. The zero-order valence-corrected chi connectivity index (χ0v) is 17.2. The van der Waals surface area contributed by atoms with Crippen LogP contribution in [0.2, 0.25) is 0 Å². The van der Waals surface area contributed by atoms with E-state index in [4.69, 9.17) is 9.15 Å². The Labute approximate surface area is 171 Å². The third-order valence-electron chi connectivity index (χ3n) is 5.62. The first kappa shape index (κ1) is 21.1. The Morgan fingerprint density at radius 3 is 2.62 bits per heavy atom. The number of benzene rings is 1. The molecule has 3 rings (SSSR count). The summed E-state index contributed by atoms with van der Waals surface area (Å²) in [5.41, 5.74) is 1.33. The molecule has 1 heterocycles. The quantitative estimate of drug-likeness (QED) is 0.685. The maximum absolute atomic E-state index is 13.0. The summed E-state index contributed by atoms with van der Waals surface area (Å²) < 4.78 is 11.2. The van der Waals surface area contributed by atoms with Crippen LogP contribution in [0.3, 0.4) is 0 Å². The van der Waals surface area contributed by atoms with Gasteiger partial charge in [0.05, 0.1) is 18.8 Å². The number of rotatable bonds is 7. The van der Waals surface area contributed by atoms with Gasteiger partial charge in [-0.1, -0.05) is 26.0 Å². The van der Waals surface area contributed by atoms with E-state index in [0.29, 0.717) is 30.6 Å². The summed E-state index contributed by atoms with van der Waals surface area (Å²) in [6.07, 6.45) is 2.88. The Kier molecular flexibility index (Phi) is 6.75. The number of Topliss-reactive ketones (excluding diaryl/α,β-unsaturated/α-hetero) is 1. The van der Waals surface area contributed by atoms with Gasteiger partial charge in [0.15, 0.2) is 11.5 Å². The van der Waals surface area contributed by atoms with E-state index in [-0.39, 0.29) is 35.5 Å². The normalized spacial score (nSPS) is 20.1. The van der Waals surface area contributed by atoms with Crippen molar-refractivity contribution in [1.29, 1.82) is 0 Å². The number of carbonyl (C=O) groups excluding carboxylic acids is 2. The number of hydrogen-bond donors (Lipinski definition) is 2. The molecule has 0 saturated heterocycles. The summed E-state index contributed by atoms with van der Waals surface area (Å²) in [7, 11) is 1.61. The number of ketones is 1. The van der Waals surface area contributed by atoms with Crippen LogP contribution in [0.15, 0.2) is 34.7 Å². The SMILES string of the molecule is CCC(=O)c1cc(C(=O)NC2CCC(O)CC2)c([C@@H](C)c2cccc(OC)c2)o1. The average Bonchev–Trinajstić information content (AvgIpc) is 3.20. The molecule has 6 heteroatoms. The number of aliphatic hydroxyl groups excluding tert-OH is 1. The summed E-state index contributed by atoms with van der Waals surface area (Å²) in [5.74, 6) is 0.804. The van der Waals surface area contributed by atoms with Crippen LogP contribution < -0.4 is 10.1 Å². The lowest BCUT2D eigenvalue weighted by Gasteiger charge is -2.26. The molecule has 0 radical (unpaired) electrons. The number of amides is 1. The molecule has 1 aromatic heterocycles. The first-order valence-corrected chi connectivity index (χ1v) is 10.2. The van der Waals surface area contributed by atoms with E-state index in [1.165, 1.54) is 0 Å². The van der Waals surface area contributed by atoms with Crippen LogP contribution in [0, 0.1) is 0 Å². The Morgan fingerprint density at radius 2 is 1.97 bits per heavy atom. The molecule has 1 aliphatic carbocycles. The largest absolute Gasteiger partial charge is 0.497 e. The van der Waals surface area contributed by atoms with Crippen LogP contribution in [-0.2, 0) is 0 Å². The van der Waals surface area contributed by atoms with Crippen molar-refractivity contribution in [3.05, 3.63) is 53.0 Å². The topological polar surface area (TPSA) is 88.8 Å². The standard InChI is InChI=1S/C23H29NO5/c1-4-20(26)21-13-19(23(27)24-16-8-10-17(25)11-9-16)22(29-21)14(2)15-6-5-7-18(12-15)28-3/h5-7,12-14,16-17,25H,4,8-11H2,1-3H3,(H,24,27)/t14-,16?,17?/m0/s1. The van der Waals surface area contributed by atoms with Gasteiger partial charge in [0.1, 0.15) is 11.5 Å². The monoisotopic (exact) mass is 399 g/mol. The maximum atomic E-state index is 13.0. The van der Waals surface area contributed by atoms with Crippen LogP contribution in [-0.4, -0.2) is 36.1 Å². The zero-order chi connectivity index (χ0) is 21.0. The van der Waals surface area contributed by atoms with Crippen molar-refractivity contribution in [2.45, 2.75) is 64.0 Å². The van der Waals surface area contributed by atoms with Crippen LogP contribution in [0.5, 0.6) is 5.75 Å². The molecule has 0 aliphatic heterocycles. The molecule has 1 saturated carbocycles. The van der Waals surface area contributed by atoms with Crippen LogP contribution in [0.25, 0.3) is 0 Å². The highest BCUT2D eigenvalue weighted by Gasteiger charge is 2.28. The number of hydrogen-bond acceptors (Lipinski definition) is 5. The second-order valence-electron chi connectivity index (χ2n) is 7.64. The Hall–Kier alpha value is -2.60. The van der Waals surface area contributed by atoms with Crippen molar-refractivity contribution in [2.24, 2.45) is 0 Å². The third-order valence-corrected chi connectivity index (χ3v) is 5.62. The van der Waals surface area contributed by atoms with E-state index < -0.39 is 0 Å². The number of methoxy groups -OCH3 is 1. The summed E-state index contributed by atoms with van der Waals surface area (Å²) in [6, 6.07) is 9.17. The van der Waals surface area contributed by atoms with Gasteiger partial charge in [-0.2, -0.15) is 0 Å². The van der Waals surface area contributed by atoms with Gasteiger partial charge in [0.2, 0.25) is 0 Å². The van der Waals surface area contributed by atoms with Gasteiger partial charge in [-0.3, -0.25) is 9.59 Å². The number of nitrogens with one attached hydrogen (secondary N) is 1. The lowest BCUT2D eigenvalue weighted by atomic mass is 9.92. The predicted molar refractivity (Wildman–Crippen MR) is 110 cm³/mol. The fourth-order valence-corrected chi connectivity index (χ4v) is 3.76. The Balaban J connectivity index is 1.89. The zero-order valence-electron chi connectivity index (χ0n) is 17.2. The van der Waals surface area contributed by atoms with Crippen LogP contribution >= 0.6 is 0 Å². The van der Waals surface area contributed by atoms with Gasteiger partial charge < -0.3 is 19.6 Å². The maximum Gasteiger partial charge on any atom is 0.255 e. The molecule has 1 aliphatic rings. The molecule has 1 atom stereocenters. The number of furan rings is 1. The van der Waals surface area contributed by atoms with Crippen LogP contribution in [0.1, 0.15) is 84.1 Å². The van der Waals surface area contributed by atoms with Gasteiger partial charge in [-0.05, 0) is 43.4 Å². The molecule has 29 heavy (non-hydrogen) atoms. The highest BCUT2D eigenvalue weighted by atomic mass is 16.5. The third kappa shape index (κ3) is 4.88. The van der Waals surface area contributed by atoms with Gasteiger partial charge >= 0.3 is 0 Å². The smallest absolute Gasteiger partial charge is 0.255 e. The number of ether oxygens (including phenoxy) is 1. The second kappa shape index (κ2) is 9.27. The van der Waals surface area contributed by atoms with Crippen molar-refractivity contribution >= 4 is 11.7 Å². The van der Waals surface area contributed by atoms with E-state index in [1.807, 2.05) is 31.2 Å². The molecule has 0 unspecified atom stereocenters. The lowest BCUT2D eigenvalue weighted by Crippen LogP contribution is -2.38. The lowest BCUT2D eigenvalue weighted by molar-refractivity contribution is 0.0865. The van der Waals surface area contributed by atoms with E-state index in [1.54, 1.807) is 20.1 Å². The van der Waals surface area contributed by atoms with Gasteiger partial charge in [-0.25, -0.2) is 0 Å². The highest BCUT2D eigenvalue weighted by molar-refractivity contribution is 6.00. The first-order valence-electron chi connectivity index (χ1n) is 10.2. The molecule has 0 bridgehead atoms.